The molecule has 4 nitrogen and oxygen atoms in total. The van der Waals surface area contributed by atoms with Crippen molar-refractivity contribution in [1.29, 1.82) is 0 Å². The van der Waals surface area contributed by atoms with Gasteiger partial charge < -0.3 is 15.5 Å². The zero-order valence-electron chi connectivity index (χ0n) is 10.9. The van der Waals surface area contributed by atoms with Crippen LogP contribution in [0.15, 0.2) is 18.2 Å². The van der Waals surface area contributed by atoms with Crippen LogP contribution in [0, 0.1) is 0 Å². The molecule has 1 amide bonds. The van der Waals surface area contributed by atoms with Crippen LogP contribution in [0.1, 0.15) is 30.9 Å². The zero-order chi connectivity index (χ0) is 12.9. The number of benzene rings is 1. The first kappa shape index (κ1) is 11.5. The van der Waals surface area contributed by atoms with Gasteiger partial charge >= 0.3 is 0 Å². The van der Waals surface area contributed by atoms with Crippen LogP contribution in [0.3, 0.4) is 0 Å². The predicted molar refractivity (Wildman–Crippen MR) is 72.8 cm³/mol. The van der Waals surface area contributed by atoms with Gasteiger partial charge in [-0.1, -0.05) is 6.07 Å². The normalized spacial score (nSPS) is 22.9. The first-order chi connectivity index (χ1) is 8.59. The van der Waals surface area contributed by atoms with Gasteiger partial charge in [0, 0.05) is 31.4 Å². The van der Waals surface area contributed by atoms with Crippen LogP contribution in [-0.2, 0) is 4.79 Å². The second kappa shape index (κ2) is 3.99. The Morgan fingerprint density at radius 3 is 2.72 bits per heavy atom. The second-order valence-electron chi connectivity index (χ2n) is 5.31. The van der Waals surface area contributed by atoms with Gasteiger partial charge in [-0.2, -0.15) is 0 Å². The topological polar surface area (TPSA) is 49.6 Å². The molecule has 4 heteroatoms. The number of anilines is 2. The van der Waals surface area contributed by atoms with E-state index in [9.17, 15) is 4.79 Å². The van der Waals surface area contributed by atoms with E-state index in [1.807, 2.05) is 6.07 Å². The average Bonchev–Trinajstić information content (AvgIpc) is 2.52. The van der Waals surface area contributed by atoms with Crippen molar-refractivity contribution in [1.82, 2.24) is 0 Å². The maximum Gasteiger partial charge on any atom is 0.248 e. The molecule has 0 spiro atoms. The lowest BCUT2D eigenvalue weighted by Gasteiger charge is -2.36. The largest absolute Gasteiger partial charge is 0.372 e. The number of likely N-dealkylation sites (N-methyl/N-ethyl adjacent to an activating group) is 1. The molecule has 2 aliphatic rings. The van der Waals surface area contributed by atoms with Gasteiger partial charge in [-0.3, -0.25) is 4.79 Å². The Balaban J connectivity index is 1.94. The van der Waals surface area contributed by atoms with Gasteiger partial charge in [-0.25, -0.2) is 0 Å². The van der Waals surface area contributed by atoms with Gasteiger partial charge in [0.05, 0.1) is 5.69 Å². The quantitative estimate of drug-likeness (QED) is 0.862. The Bertz CT molecular complexity index is 496. The summed E-state index contributed by atoms with van der Waals surface area (Å²) in [6.07, 6.45) is 3.85. The fourth-order valence-corrected chi connectivity index (χ4v) is 2.75. The SMILES string of the molecule is CN1C(=O)C(N)c2ccc(N(C)C3CCC3)cc21. The lowest BCUT2D eigenvalue weighted by atomic mass is 9.91. The highest BCUT2D eigenvalue weighted by Gasteiger charge is 2.33. The van der Waals surface area contributed by atoms with Crippen molar-refractivity contribution in [3.8, 4) is 0 Å². The molecule has 1 aliphatic carbocycles. The summed E-state index contributed by atoms with van der Waals surface area (Å²) in [7, 11) is 3.92. The van der Waals surface area contributed by atoms with Crippen molar-refractivity contribution < 1.29 is 4.79 Å². The molecular weight excluding hydrogens is 226 g/mol. The highest BCUT2D eigenvalue weighted by atomic mass is 16.2. The zero-order valence-corrected chi connectivity index (χ0v) is 10.9. The van der Waals surface area contributed by atoms with Crippen LogP contribution in [0.25, 0.3) is 0 Å². The lowest BCUT2D eigenvalue weighted by molar-refractivity contribution is -0.118. The average molecular weight is 245 g/mol. The van der Waals surface area contributed by atoms with Gasteiger partial charge in [0.2, 0.25) is 5.91 Å². The summed E-state index contributed by atoms with van der Waals surface area (Å²) in [5.74, 6) is -0.0200. The molecule has 2 N–H and O–H groups in total. The third kappa shape index (κ3) is 1.52. The molecular formula is C14H19N3O. The number of amides is 1. The van der Waals surface area contributed by atoms with E-state index in [1.54, 1.807) is 11.9 Å². The number of rotatable bonds is 2. The van der Waals surface area contributed by atoms with Crippen LogP contribution in [-0.4, -0.2) is 26.0 Å². The van der Waals surface area contributed by atoms with E-state index in [4.69, 9.17) is 5.73 Å². The van der Waals surface area contributed by atoms with Gasteiger partial charge in [0.15, 0.2) is 0 Å². The Morgan fingerprint density at radius 1 is 1.39 bits per heavy atom. The molecule has 0 aromatic heterocycles. The second-order valence-corrected chi connectivity index (χ2v) is 5.31. The standard InChI is InChI=1S/C14H19N3O/c1-16(9-4-3-5-9)10-6-7-11-12(8-10)17(2)14(18)13(11)15/h6-9,13H,3-5,15H2,1-2H3. The number of nitrogens with zero attached hydrogens (tertiary/aromatic N) is 2. The van der Waals surface area contributed by atoms with Gasteiger partial charge in [0.25, 0.3) is 0 Å². The monoisotopic (exact) mass is 245 g/mol. The van der Waals surface area contributed by atoms with E-state index in [-0.39, 0.29) is 5.91 Å². The molecule has 1 heterocycles. The molecule has 0 radical (unpaired) electrons. The summed E-state index contributed by atoms with van der Waals surface area (Å²) in [4.78, 5) is 15.8. The molecule has 1 atom stereocenters. The van der Waals surface area contributed by atoms with E-state index in [2.05, 4.69) is 24.1 Å². The van der Waals surface area contributed by atoms with Crippen LogP contribution in [0.5, 0.6) is 0 Å². The number of hydrogen-bond acceptors (Lipinski definition) is 3. The van der Waals surface area contributed by atoms with E-state index in [0.29, 0.717) is 6.04 Å². The summed E-state index contributed by atoms with van der Waals surface area (Å²) < 4.78 is 0. The van der Waals surface area contributed by atoms with E-state index in [1.165, 1.54) is 24.9 Å². The van der Waals surface area contributed by atoms with Crippen molar-refractivity contribution >= 4 is 17.3 Å². The molecule has 1 aromatic carbocycles. The summed E-state index contributed by atoms with van der Waals surface area (Å²) in [6.45, 7) is 0. The molecule has 0 saturated heterocycles. The van der Waals surface area contributed by atoms with Crippen molar-refractivity contribution in [2.24, 2.45) is 5.73 Å². The third-order valence-electron chi connectivity index (χ3n) is 4.34. The molecule has 96 valence electrons. The van der Waals surface area contributed by atoms with Crippen molar-refractivity contribution in [2.45, 2.75) is 31.3 Å². The Kier molecular flexibility index (Phi) is 2.55. The maximum absolute atomic E-state index is 11.8. The molecule has 1 fully saturated rings. The van der Waals surface area contributed by atoms with Crippen molar-refractivity contribution in [3.63, 3.8) is 0 Å². The van der Waals surface area contributed by atoms with Gasteiger partial charge in [-0.05, 0) is 31.4 Å². The first-order valence-corrected chi connectivity index (χ1v) is 6.49. The minimum atomic E-state index is -0.493. The fraction of sp³-hybridized carbons (Fsp3) is 0.500. The summed E-state index contributed by atoms with van der Waals surface area (Å²) in [5.41, 5.74) is 8.97. The fourth-order valence-electron chi connectivity index (χ4n) is 2.75. The molecule has 1 saturated carbocycles. The van der Waals surface area contributed by atoms with E-state index >= 15 is 0 Å². The van der Waals surface area contributed by atoms with Crippen LogP contribution < -0.4 is 15.5 Å². The lowest BCUT2D eigenvalue weighted by Crippen LogP contribution is -2.37. The van der Waals surface area contributed by atoms with Crippen LogP contribution >= 0.6 is 0 Å². The maximum atomic E-state index is 11.8. The minimum Gasteiger partial charge on any atom is -0.372 e. The summed E-state index contributed by atoms with van der Waals surface area (Å²) in [5, 5.41) is 0. The Labute approximate surface area is 107 Å². The molecule has 1 aromatic rings. The first-order valence-electron chi connectivity index (χ1n) is 6.49. The number of hydrogen-bond donors (Lipinski definition) is 1. The third-order valence-corrected chi connectivity index (χ3v) is 4.34. The van der Waals surface area contributed by atoms with Gasteiger partial charge in [-0.15, -0.1) is 0 Å². The number of carbonyl (C=O) groups is 1. The van der Waals surface area contributed by atoms with Gasteiger partial charge in [0.1, 0.15) is 6.04 Å². The molecule has 18 heavy (non-hydrogen) atoms. The molecule has 3 rings (SSSR count). The number of nitrogens with two attached hydrogens (primary N) is 1. The smallest absolute Gasteiger partial charge is 0.248 e. The Hall–Kier alpha value is -1.55. The number of fused-ring (bicyclic) bond motifs is 1. The molecule has 0 bridgehead atoms. The molecule has 1 unspecified atom stereocenters. The summed E-state index contributed by atoms with van der Waals surface area (Å²) in [6, 6.07) is 6.31. The highest BCUT2D eigenvalue weighted by molar-refractivity contribution is 6.04. The van der Waals surface area contributed by atoms with E-state index in [0.717, 1.165) is 11.3 Å². The number of carbonyl (C=O) groups excluding carboxylic acids is 1. The van der Waals surface area contributed by atoms with Crippen molar-refractivity contribution in [2.75, 3.05) is 23.9 Å². The minimum absolute atomic E-state index is 0.0200. The highest BCUT2D eigenvalue weighted by Crippen LogP contribution is 2.37. The van der Waals surface area contributed by atoms with Crippen molar-refractivity contribution in [3.05, 3.63) is 23.8 Å². The van der Waals surface area contributed by atoms with E-state index < -0.39 is 6.04 Å². The predicted octanol–water partition coefficient (Wildman–Crippen LogP) is 1.65. The Morgan fingerprint density at radius 2 is 2.11 bits per heavy atom. The molecule has 1 aliphatic heterocycles. The summed E-state index contributed by atoms with van der Waals surface area (Å²) >= 11 is 0. The van der Waals surface area contributed by atoms with Crippen LogP contribution in [0.2, 0.25) is 0 Å². The van der Waals surface area contributed by atoms with Crippen LogP contribution in [0.4, 0.5) is 11.4 Å².